The summed E-state index contributed by atoms with van der Waals surface area (Å²) in [7, 11) is 0. The third-order valence-electron chi connectivity index (χ3n) is 4.57. The summed E-state index contributed by atoms with van der Waals surface area (Å²) in [4.78, 5) is 28.2. The molecule has 0 radical (unpaired) electrons. The Morgan fingerprint density at radius 1 is 0.893 bits per heavy atom. The molecule has 0 unspecified atom stereocenters. The summed E-state index contributed by atoms with van der Waals surface area (Å²) in [5.41, 5.74) is 6.32. The number of amides is 3. The molecule has 8 heteroatoms. The maximum absolute atomic E-state index is 12.8. The van der Waals surface area contributed by atoms with E-state index in [1.165, 1.54) is 30.0 Å². The molecule has 3 N–H and O–H groups in total. The van der Waals surface area contributed by atoms with Crippen LogP contribution in [0.3, 0.4) is 0 Å². The molecule has 0 bridgehead atoms. The van der Waals surface area contributed by atoms with E-state index >= 15 is 0 Å². The topological polar surface area (TPSA) is 76.7 Å². The van der Waals surface area contributed by atoms with Gasteiger partial charge in [-0.05, 0) is 36.4 Å². The Kier molecular flexibility index (Phi) is 6.80. The molecule has 1 fully saturated rings. The van der Waals surface area contributed by atoms with Crippen molar-refractivity contribution in [1.29, 1.82) is 0 Å². The first kappa shape index (κ1) is 19.6. The molecule has 1 aliphatic rings. The second kappa shape index (κ2) is 9.70. The molecular weight excluding hydrogens is 361 g/mol. The number of nitrogens with one attached hydrogen (secondary N) is 3. The fourth-order valence-corrected chi connectivity index (χ4v) is 3.01. The van der Waals surface area contributed by atoms with Crippen molar-refractivity contribution in [2.24, 2.45) is 0 Å². The smallest absolute Gasteiger partial charge is 0.337 e. The second-order valence-electron chi connectivity index (χ2n) is 6.55. The molecule has 0 aromatic heterocycles. The lowest BCUT2D eigenvalue weighted by Crippen LogP contribution is -2.48. The van der Waals surface area contributed by atoms with Crippen molar-refractivity contribution in [3.05, 3.63) is 60.4 Å². The summed E-state index contributed by atoms with van der Waals surface area (Å²) in [6.07, 6.45) is 0.294. The summed E-state index contributed by atoms with van der Waals surface area (Å²) in [6, 6.07) is 15.0. The van der Waals surface area contributed by atoms with Crippen molar-refractivity contribution in [1.82, 2.24) is 15.8 Å². The molecule has 3 rings (SSSR count). The number of urea groups is 1. The van der Waals surface area contributed by atoms with Gasteiger partial charge in [0.25, 0.3) is 0 Å². The highest BCUT2D eigenvalue weighted by Crippen LogP contribution is 2.15. The zero-order chi connectivity index (χ0) is 19.8. The summed E-state index contributed by atoms with van der Waals surface area (Å²) >= 11 is 0. The van der Waals surface area contributed by atoms with E-state index in [0.29, 0.717) is 18.7 Å². The van der Waals surface area contributed by atoms with Gasteiger partial charge in [0.2, 0.25) is 5.91 Å². The summed E-state index contributed by atoms with van der Waals surface area (Å²) in [5, 5.41) is 2.50. The molecule has 2 aromatic rings. The quantitative estimate of drug-likeness (QED) is 0.690. The number of hydrazine groups is 1. The number of piperazine rings is 1. The third kappa shape index (κ3) is 5.95. The largest absolute Gasteiger partial charge is 0.369 e. The average molecular weight is 385 g/mol. The van der Waals surface area contributed by atoms with E-state index in [9.17, 15) is 14.0 Å². The van der Waals surface area contributed by atoms with Gasteiger partial charge in [-0.1, -0.05) is 18.2 Å². The van der Waals surface area contributed by atoms with Crippen LogP contribution in [0, 0.1) is 5.82 Å². The Bertz CT molecular complexity index is 777. The number of benzene rings is 2. The number of hydrogen-bond donors (Lipinski definition) is 3. The Morgan fingerprint density at radius 3 is 2.25 bits per heavy atom. The Hall–Kier alpha value is -3.13. The number of para-hydroxylation sites is 1. The van der Waals surface area contributed by atoms with Crippen LogP contribution in [0.4, 0.5) is 20.6 Å². The highest BCUT2D eigenvalue weighted by Gasteiger charge is 2.17. The molecule has 0 saturated carbocycles. The van der Waals surface area contributed by atoms with E-state index in [1.807, 2.05) is 18.2 Å². The van der Waals surface area contributed by atoms with Gasteiger partial charge in [-0.3, -0.25) is 15.1 Å². The van der Waals surface area contributed by atoms with Crippen LogP contribution in [0.1, 0.15) is 6.42 Å². The SMILES string of the molecule is O=C(CCN1CCN(c2ccccc2)CC1)NNC(=O)Nc1ccc(F)cc1. The number of hydrogen-bond acceptors (Lipinski definition) is 4. The molecule has 1 saturated heterocycles. The molecule has 1 aliphatic heterocycles. The minimum absolute atomic E-state index is 0.264. The first-order valence-electron chi connectivity index (χ1n) is 9.24. The molecule has 0 aliphatic carbocycles. The molecule has 2 aromatic carbocycles. The lowest BCUT2D eigenvalue weighted by atomic mass is 10.2. The van der Waals surface area contributed by atoms with Gasteiger partial charge in [-0.2, -0.15) is 0 Å². The predicted octanol–water partition coefficient (Wildman–Crippen LogP) is 2.19. The normalized spacial score (nSPS) is 14.4. The first-order valence-corrected chi connectivity index (χ1v) is 9.24. The first-order chi connectivity index (χ1) is 13.6. The van der Waals surface area contributed by atoms with Crippen molar-refractivity contribution < 1.29 is 14.0 Å². The molecule has 0 spiro atoms. The van der Waals surface area contributed by atoms with Gasteiger partial charge in [-0.15, -0.1) is 0 Å². The van der Waals surface area contributed by atoms with Crippen molar-refractivity contribution >= 4 is 23.3 Å². The monoisotopic (exact) mass is 385 g/mol. The minimum Gasteiger partial charge on any atom is -0.369 e. The molecule has 148 valence electrons. The third-order valence-corrected chi connectivity index (χ3v) is 4.57. The lowest BCUT2D eigenvalue weighted by Gasteiger charge is -2.36. The standard InChI is InChI=1S/C20H24FN5O2/c21-16-6-8-17(9-7-16)22-20(28)24-23-19(27)10-11-25-12-14-26(15-13-25)18-4-2-1-3-5-18/h1-9H,10-15H2,(H,23,27)(H2,22,24,28). The van der Waals surface area contributed by atoms with Crippen LogP contribution < -0.4 is 21.1 Å². The van der Waals surface area contributed by atoms with Gasteiger partial charge in [0.05, 0.1) is 0 Å². The molecule has 7 nitrogen and oxygen atoms in total. The Labute approximate surface area is 163 Å². The molecule has 1 heterocycles. The average Bonchev–Trinajstić information content (AvgIpc) is 2.73. The Morgan fingerprint density at radius 2 is 1.57 bits per heavy atom. The number of carbonyl (C=O) groups is 2. The van der Waals surface area contributed by atoms with Crippen LogP contribution in [0.25, 0.3) is 0 Å². The van der Waals surface area contributed by atoms with E-state index in [-0.39, 0.29) is 11.7 Å². The van der Waals surface area contributed by atoms with Gasteiger partial charge < -0.3 is 10.2 Å². The van der Waals surface area contributed by atoms with Gasteiger partial charge >= 0.3 is 6.03 Å². The van der Waals surface area contributed by atoms with Crippen LogP contribution >= 0.6 is 0 Å². The molecule has 28 heavy (non-hydrogen) atoms. The van der Waals surface area contributed by atoms with Crippen molar-refractivity contribution in [3.8, 4) is 0 Å². The fraction of sp³-hybridized carbons (Fsp3) is 0.300. The number of carbonyl (C=O) groups excluding carboxylic acids is 2. The lowest BCUT2D eigenvalue weighted by molar-refractivity contribution is -0.122. The summed E-state index contributed by atoms with van der Waals surface area (Å²) in [6.45, 7) is 4.25. The van der Waals surface area contributed by atoms with Gasteiger partial charge in [0.1, 0.15) is 5.82 Å². The van der Waals surface area contributed by atoms with Crippen LogP contribution in [0.2, 0.25) is 0 Å². The minimum atomic E-state index is -0.587. The Balaban J connectivity index is 1.31. The van der Waals surface area contributed by atoms with Crippen LogP contribution in [0.15, 0.2) is 54.6 Å². The van der Waals surface area contributed by atoms with Crippen LogP contribution in [-0.4, -0.2) is 49.6 Å². The van der Waals surface area contributed by atoms with Crippen molar-refractivity contribution in [3.63, 3.8) is 0 Å². The highest BCUT2D eigenvalue weighted by atomic mass is 19.1. The van der Waals surface area contributed by atoms with E-state index in [2.05, 4.69) is 38.1 Å². The predicted molar refractivity (Wildman–Crippen MR) is 106 cm³/mol. The van der Waals surface area contributed by atoms with Gasteiger partial charge in [0.15, 0.2) is 0 Å². The number of anilines is 2. The zero-order valence-corrected chi connectivity index (χ0v) is 15.5. The highest BCUT2D eigenvalue weighted by molar-refractivity contribution is 5.90. The summed E-state index contributed by atoms with van der Waals surface area (Å²) in [5.74, 6) is -0.649. The maximum Gasteiger partial charge on any atom is 0.337 e. The second-order valence-corrected chi connectivity index (χ2v) is 6.55. The van der Waals surface area contributed by atoms with E-state index in [1.54, 1.807) is 0 Å². The summed E-state index contributed by atoms with van der Waals surface area (Å²) < 4.78 is 12.8. The van der Waals surface area contributed by atoms with E-state index in [4.69, 9.17) is 0 Å². The molecule has 0 atom stereocenters. The fourth-order valence-electron chi connectivity index (χ4n) is 3.01. The number of nitrogens with zero attached hydrogens (tertiary/aromatic N) is 2. The van der Waals surface area contributed by atoms with E-state index < -0.39 is 6.03 Å². The van der Waals surface area contributed by atoms with Gasteiger partial charge in [0, 0.05) is 50.5 Å². The van der Waals surface area contributed by atoms with Crippen molar-refractivity contribution in [2.75, 3.05) is 42.9 Å². The number of halogens is 1. The molecule has 3 amide bonds. The van der Waals surface area contributed by atoms with Gasteiger partial charge in [-0.25, -0.2) is 14.6 Å². The maximum atomic E-state index is 12.8. The van der Waals surface area contributed by atoms with E-state index in [0.717, 1.165) is 26.2 Å². The van der Waals surface area contributed by atoms with Crippen molar-refractivity contribution in [2.45, 2.75) is 6.42 Å². The van der Waals surface area contributed by atoms with Crippen LogP contribution in [-0.2, 0) is 4.79 Å². The zero-order valence-electron chi connectivity index (χ0n) is 15.5. The molecular formula is C20H24FN5O2. The number of rotatable bonds is 5. The van der Waals surface area contributed by atoms with Crippen LogP contribution in [0.5, 0.6) is 0 Å².